The number of aromatic nitrogens is 3. The van der Waals surface area contributed by atoms with Gasteiger partial charge in [0.25, 0.3) is 0 Å². The second kappa shape index (κ2) is 9.09. The number of nitrogens with two attached hydrogens (primary N) is 1. The topological polar surface area (TPSA) is 77.0 Å². The molecule has 0 unspecified atom stereocenters. The minimum Gasteiger partial charge on any atom is -0.396 e. The Balaban J connectivity index is 0.00000242. The summed E-state index contributed by atoms with van der Waals surface area (Å²) in [6.07, 6.45) is 0.598. The van der Waals surface area contributed by atoms with E-state index in [1.54, 1.807) is 12.1 Å². The van der Waals surface area contributed by atoms with Gasteiger partial charge in [0.1, 0.15) is 11.6 Å². The van der Waals surface area contributed by atoms with E-state index in [1.165, 1.54) is 23.9 Å². The van der Waals surface area contributed by atoms with E-state index in [9.17, 15) is 4.39 Å². The van der Waals surface area contributed by atoms with Crippen molar-refractivity contribution in [1.82, 2.24) is 14.8 Å². The van der Waals surface area contributed by atoms with Gasteiger partial charge in [0, 0.05) is 24.5 Å². The van der Waals surface area contributed by atoms with Crippen LogP contribution in [0.15, 0.2) is 29.4 Å². The monoisotopic (exact) mass is 346 g/mol. The van der Waals surface area contributed by atoms with Crippen LogP contribution in [-0.2, 0) is 6.42 Å². The van der Waals surface area contributed by atoms with Crippen molar-refractivity contribution in [3.8, 4) is 5.69 Å². The molecule has 122 valence electrons. The normalized spacial score (nSPS) is 12.0. The van der Waals surface area contributed by atoms with E-state index >= 15 is 0 Å². The van der Waals surface area contributed by atoms with Crippen LogP contribution in [0.5, 0.6) is 0 Å². The summed E-state index contributed by atoms with van der Waals surface area (Å²) in [6, 6.07) is 6.20. The van der Waals surface area contributed by atoms with Crippen LogP contribution in [0.1, 0.15) is 12.7 Å². The lowest BCUT2D eigenvalue weighted by atomic mass is 10.2. The van der Waals surface area contributed by atoms with Crippen molar-refractivity contribution in [2.24, 2.45) is 11.7 Å². The maximum absolute atomic E-state index is 13.1. The summed E-state index contributed by atoms with van der Waals surface area (Å²) in [5.74, 6) is 1.38. The van der Waals surface area contributed by atoms with Crippen molar-refractivity contribution < 1.29 is 9.50 Å². The number of aliphatic hydroxyl groups excluding tert-OH is 1. The molecule has 1 aromatic carbocycles. The molecule has 0 saturated heterocycles. The smallest absolute Gasteiger partial charge is 0.195 e. The number of thioether (sulfide) groups is 1. The highest BCUT2D eigenvalue weighted by atomic mass is 35.5. The van der Waals surface area contributed by atoms with E-state index in [4.69, 9.17) is 10.8 Å². The molecule has 22 heavy (non-hydrogen) atoms. The van der Waals surface area contributed by atoms with Gasteiger partial charge in [0.2, 0.25) is 0 Å². The molecule has 8 heteroatoms. The molecule has 0 aliphatic heterocycles. The highest BCUT2D eigenvalue weighted by Crippen LogP contribution is 2.24. The molecule has 0 aliphatic carbocycles. The summed E-state index contributed by atoms with van der Waals surface area (Å²) in [6.45, 7) is 2.57. The number of halogens is 2. The Morgan fingerprint density at radius 2 is 2.00 bits per heavy atom. The predicted octanol–water partition coefficient (Wildman–Crippen LogP) is 2.05. The Hall–Kier alpha value is -1.15. The van der Waals surface area contributed by atoms with Gasteiger partial charge in [0.05, 0.1) is 0 Å². The molecule has 5 nitrogen and oxygen atoms in total. The number of rotatable bonds is 7. The maximum Gasteiger partial charge on any atom is 0.195 e. The van der Waals surface area contributed by atoms with E-state index in [0.29, 0.717) is 13.0 Å². The second-order valence-corrected chi connectivity index (χ2v) is 5.84. The first-order valence-corrected chi connectivity index (χ1v) is 7.78. The van der Waals surface area contributed by atoms with E-state index < -0.39 is 0 Å². The van der Waals surface area contributed by atoms with Gasteiger partial charge in [-0.2, -0.15) is 0 Å². The van der Waals surface area contributed by atoms with Gasteiger partial charge >= 0.3 is 0 Å². The van der Waals surface area contributed by atoms with Crippen molar-refractivity contribution >= 4 is 24.2 Å². The molecule has 1 heterocycles. The molecular formula is C14H20ClFN4OS. The first kappa shape index (κ1) is 18.9. The Morgan fingerprint density at radius 3 is 2.59 bits per heavy atom. The second-order valence-electron chi connectivity index (χ2n) is 4.85. The van der Waals surface area contributed by atoms with Crippen LogP contribution in [0.3, 0.4) is 0 Å². The van der Waals surface area contributed by atoms with Gasteiger partial charge in [-0.05, 0) is 36.7 Å². The average Bonchev–Trinajstić information content (AvgIpc) is 2.89. The van der Waals surface area contributed by atoms with Gasteiger partial charge in [-0.3, -0.25) is 4.57 Å². The lowest BCUT2D eigenvalue weighted by Crippen LogP contribution is -2.10. The third-order valence-electron chi connectivity index (χ3n) is 2.96. The molecule has 3 N–H and O–H groups in total. The average molecular weight is 347 g/mol. The molecule has 2 rings (SSSR count). The third kappa shape index (κ3) is 4.67. The minimum absolute atomic E-state index is 0. The standard InChI is InChI=1S/C14H19FN4OS.ClH/c1-10(8-20)9-21-14-18-17-13(6-7-16)19(14)12-4-2-11(15)3-5-12;/h2-5,10,20H,6-9,16H2,1H3;1H/t10-;/m1./s1. The maximum atomic E-state index is 13.1. The molecule has 0 saturated carbocycles. The molecule has 0 aliphatic rings. The molecule has 0 spiro atoms. The molecule has 1 aromatic heterocycles. The number of hydrogen-bond acceptors (Lipinski definition) is 5. The fourth-order valence-corrected chi connectivity index (χ4v) is 2.78. The lowest BCUT2D eigenvalue weighted by molar-refractivity contribution is 0.250. The fraction of sp³-hybridized carbons (Fsp3) is 0.429. The van der Waals surface area contributed by atoms with Crippen LogP contribution < -0.4 is 5.73 Å². The van der Waals surface area contributed by atoms with E-state index in [-0.39, 0.29) is 30.7 Å². The summed E-state index contributed by atoms with van der Waals surface area (Å²) in [5, 5.41) is 18.2. The zero-order valence-corrected chi connectivity index (χ0v) is 13.9. The predicted molar refractivity (Wildman–Crippen MR) is 88.3 cm³/mol. The zero-order valence-electron chi connectivity index (χ0n) is 12.3. The van der Waals surface area contributed by atoms with Crippen molar-refractivity contribution in [2.75, 3.05) is 18.9 Å². The molecule has 0 radical (unpaired) electrons. The van der Waals surface area contributed by atoms with Gasteiger partial charge in [-0.25, -0.2) is 4.39 Å². The first-order valence-electron chi connectivity index (χ1n) is 6.79. The molecule has 2 aromatic rings. The Bertz CT molecular complexity index is 579. The molecule has 0 bridgehead atoms. The summed E-state index contributed by atoms with van der Waals surface area (Å²) >= 11 is 1.52. The van der Waals surface area contributed by atoms with E-state index in [2.05, 4.69) is 10.2 Å². The fourth-order valence-electron chi connectivity index (χ4n) is 1.80. The van der Waals surface area contributed by atoms with Gasteiger partial charge in [0.15, 0.2) is 5.16 Å². The Kier molecular flexibility index (Phi) is 7.81. The quantitative estimate of drug-likeness (QED) is 0.750. The van der Waals surface area contributed by atoms with Crippen LogP contribution in [-0.4, -0.2) is 38.8 Å². The lowest BCUT2D eigenvalue weighted by Gasteiger charge is -2.11. The highest BCUT2D eigenvalue weighted by molar-refractivity contribution is 7.99. The first-order chi connectivity index (χ1) is 10.2. The Labute approximate surface area is 139 Å². The summed E-state index contributed by atoms with van der Waals surface area (Å²) in [5.41, 5.74) is 6.41. The van der Waals surface area contributed by atoms with Crippen molar-refractivity contribution in [1.29, 1.82) is 0 Å². The SMILES string of the molecule is C[C@H](CO)CSc1nnc(CCN)n1-c1ccc(F)cc1.Cl. The summed E-state index contributed by atoms with van der Waals surface area (Å²) < 4.78 is 15.0. The minimum atomic E-state index is -0.282. The highest BCUT2D eigenvalue weighted by Gasteiger charge is 2.15. The van der Waals surface area contributed by atoms with Crippen LogP contribution in [0.2, 0.25) is 0 Å². The third-order valence-corrected chi connectivity index (χ3v) is 4.22. The molecule has 0 amide bonds. The van der Waals surface area contributed by atoms with Gasteiger partial charge < -0.3 is 10.8 Å². The molecule has 1 atom stereocenters. The summed E-state index contributed by atoms with van der Waals surface area (Å²) in [7, 11) is 0. The largest absolute Gasteiger partial charge is 0.396 e. The van der Waals surface area contributed by atoms with Crippen LogP contribution >= 0.6 is 24.2 Å². The number of aliphatic hydroxyl groups is 1. The van der Waals surface area contributed by atoms with Crippen molar-refractivity contribution in [3.05, 3.63) is 35.9 Å². The number of nitrogens with zero attached hydrogens (tertiary/aromatic N) is 3. The zero-order chi connectivity index (χ0) is 15.2. The van der Waals surface area contributed by atoms with Gasteiger partial charge in [-0.1, -0.05) is 18.7 Å². The number of hydrogen-bond donors (Lipinski definition) is 2. The van der Waals surface area contributed by atoms with E-state index in [1.807, 2.05) is 11.5 Å². The van der Waals surface area contributed by atoms with Crippen LogP contribution in [0.4, 0.5) is 4.39 Å². The van der Waals surface area contributed by atoms with Crippen molar-refractivity contribution in [3.63, 3.8) is 0 Å². The van der Waals surface area contributed by atoms with Crippen molar-refractivity contribution in [2.45, 2.75) is 18.5 Å². The van der Waals surface area contributed by atoms with Crippen LogP contribution in [0.25, 0.3) is 5.69 Å². The number of benzene rings is 1. The van der Waals surface area contributed by atoms with Crippen LogP contribution in [0, 0.1) is 11.7 Å². The van der Waals surface area contributed by atoms with E-state index in [0.717, 1.165) is 22.4 Å². The summed E-state index contributed by atoms with van der Waals surface area (Å²) in [4.78, 5) is 0. The molecule has 0 fully saturated rings. The van der Waals surface area contributed by atoms with Gasteiger partial charge in [-0.15, -0.1) is 22.6 Å². The molecular weight excluding hydrogens is 327 g/mol. The Morgan fingerprint density at radius 1 is 1.32 bits per heavy atom.